The number of hydrogen-bond donors (Lipinski definition) is 2. The van der Waals surface area contributed by atoms with Gasteiger partial charge in [0, 0.05) is 55.4 Å². The second-order valence-electron chi connectivity index (χ2n) is 29.5. The smallest absolute Gasteiger partial charge is 0.263 e. The Balaban J connectivity index is 0.000000173. The summed E-state index contributed by atoms with van der Waals surface area (Å²) in [5, 5.41) is 0. The molecule has 0 saturated heterocycles. The molecule has 0 radical (unpaired) electrons. The van der Waals surface area contributed by atoms with E-state index in [1.54, 1.807) is 18.5 Å². The highest BCUT2D eigenvalue weighted by molar-refractivity contribution is 5.97. The van der Waals surface area contributed by atoms with Crippen molar-refractivity contribution in [2.24, 2.45) is 16.2 Å². The minimum atomic E-state index is -0.736. The van der Waals surface area contributed by atoms with Gasteiger partial charge in [0.2, 0.25) is 5.95 Å². The van der Waals surface area contributed by atoms with Crippen molar-refractivity contribution < 1.29 is 18.8 Å². The van der Waals surface area contributed by atoms with Crippen molar-refractivity contribution in [2.75, 3.05) is 10.9 Å². The second kappa shape index (κ2) is 35.3. The minimum absolute atomic E-state index is 0.00288. The van der Waals surface area contributed by atoms with Crippen LogP contribution in [0.25, 0.3) is 33.5 Å². The van der Waals surface area contributed by atoms with E-state index < -0.39 is 5.95 Å². The molecule has 2 N–H and O–H groups in total. The van der Waals surface area contributed by atoms with Gasteiger partial charge in [0.05, 0.1) is 49.5 Å². The summed E-state index contributed by atoms with van der Waals surface area (Å²) in [6, 6.07) is 1.06. The van der Waals surface area contributed by atoms with Crippen LogP contribution >= 0.6 is 0 Å². The topological polar surface area (TPSA) is 260 Å². The monoisotopic (exact) mass is 1450 g/mol. The minimum Gasteiger partial charge on any atom is -0.330 e. The number of nitrogens with zero attached hydrogens (tertiary/aromatic N) is 18. The Morgan fingerprint density at radius 1 is 0.435 bits per heavy atom. The van der Waals surface area contributed by atoms with E-state index in [2.05, 4.69) is 210 Å². The van der Waals surface area contributed by atoms with Gasteiger partial charge in [-0.3, -0.25) is 25.2 Å². The summed E-state index contributed by atoms with van der Waals surface area (Å²) in [7, 11) is 0. The second-order valence-corrected chi connectivity index (χ2v) is 29.5. The number of rotatable bonds is 20. The SMILES string of the molecule is CC1=C(/C=C/C(C)=C/C=C/C(C)=C/C(=O)Nn2cnc3c(F)ncnc32)C(C)(C)CCC1n1ccnc1.CC1=C(/C=C/C(C)=C/C=C/C(C)=C/C(=O)Nn2cnc3cncnc32)C(C)(C)CCC1n1ccnc1.CC1=C(/C=C/C(C)=C/C=C/C(C)=C/C(=O)n2cnc3cncnc32)C(C)(C)CCC1n1ccnc1. The first kappa shape index (κ1) is 78.5. The molecule has 3 aliphatic carbocycles. The van der Waals surface area contributed by atoms with Crippen molar-refractivity contribution in [2.45, 2.75) is 161 Å². The molecule has 23 nitrogen and oxygen atoms in total. The summed E-state index contributed by atoms with van der Waals surface area (Å²) >= 11 is 0. The fraction of sp³-hybridized carbons (Fsp3) is 0.321. The van der Waals surface area contributed by atoms with E-state index in [0.717, 1.165) is 78.3 Å². The lowest BCUT2D eigenvalue weighted by atomic mass is 9.71. The number of carbonyl (C=O) groups is 3. The molecule has 0 bridgehead atoms. The van der Waals surface area contributed by atoms with Gasteiger partial charge in [-0.25, -0.2) is 73.7 Å². The third-order valence-electron chi connectivity index (χ3n) is 19.9. The summed E-state index contributed by atoms with van der Waals surface area (Å²) in [5.74, 6) is -1.57. The van der Waals surface area contributed by atoms with Crippen molar-refractivity contribution in [1.82, 2.24) is 87.4 Å². The fourth-order valence-corrected chi connectivity index (χ4v) is 13.9. The first-order valence-electron chi connectivity index (χ1n) is 36.1. The molecule has 0 saturated carbocycles. The van der Waals surface area contributed by atoms with Crippen LogP contribution in [0.4, 0.5) is 4.39 Å². The quantitative estimate of drug-likeness (QED) is 0.0408. The van der Waals surface area contributed by atoms with E-state index in [-0.39, 0.29) is 45.1 Å². The molecule has 9 aromatic rings. The zero-order valence-corrected chi connectivity index (χ0v) is 64.3. The largest absolute Gasteiger partial charge is 0.330 e. The standard InChI is InChI=1S/C28H32FN7O.C28H33N7O.C28H32N6O/c1-19(9-10-22-21(3)23(11-12-28(22,4)5)35-14-13-30-17-35)7-6-8-20(2)15-24(37)34-36-18-33-25-26(29)31-16-32-27(25)36;1-20(9-10-23-22(3)25(11-12-28(23,4)5)34-14-13-29-18-34)7-6-8-21(2)15-26(36)33-35-19-32-24-16-30-17-31-27(24)35;1-20(9-10-23-22(3)25(11-12-28(23,4)5)33-14-13-29-18-33)7-6-8-21(2)15-26(35)34-19-32-24-16-30-17-31-27(24)34/h6-10,13-18,23H,11-12H2,1-5H3,(H,34,37);6-10,13-19,25H,11-12H2,1-5H3,(H,33,36);6-10,13-19,25H,11-12H2,1-5H3/b8-6+,10-9+,19-7+,20-15+;2*8-6+,10-9+,20-7+,21-15+. The molecule has 3 atom stereocenters. The number of carbonyl (C=O) groups excluding carboxylic acids is 3. The lowest BCUT2D eigenvalue weighted by Crippen LogP contribution is -2.25. The molecule has 0 fully saturated rings. The Hall–Kier alpha value is -12.1. The number of hydrogen-bond acceptors (Lipinski definition) is 15. The fourth-order valence-electron chi connectivity index (χ4n) is 13.9. The Kier molecular flexibility index (Phi) is 25.7. The maximum atomic E-state index is 13.7. The number of halogens is 1. The normalized spacial score (nSPS) is 19.1. The van der Waals surface area contributed by atoms with Gasteiger partial charge in [0.15, 0.2) is 22.5 Å². The van der Waals surface area contributed by atoms with E-state index in [0.29, 0.717) is 40.5 Å². The Morgan fingerprint density at radius 2 is 0.815 bits per heavy atom. The van der Waals surface area contributed by atoms with Crippen LogP contribution in [0.5, 0.6) is 0 Å². The van der Waals surface area contributed by atoms with Gasteiger partial charge in [0.1, 0.15) is 49.0 Å². The van der Waals surface area contributed by atoms with Crippen molar-refractivity contribution >= 4 is 51.2 Å². The lowest BCUT2D eigenvalue weighted by Gasteiger charge is -2.38. The average Bonchev–Trinajstić information content (AvgIpc) is 1.11. The van der Waals surface area contributed by atoms with Crippen LogP contribution in [0.2, 0.25) is 0 Å². The van der Waals surface area contributed by atoms with Gasteiger partial charge < -0.3 is 13.7 Å². The predicted octanol–water partition coefficient (Wildman–Crippen LogP) is 17.1. The highest BCUT2D eigenvalue weighted by Crippen LogP contribution is 2.48. The molecule has 108 heavy (non-hydrogen) atoms. The molecule has 3 aliphatic rings. The van der Waals surface area contributed by atoms with Crippen molar-refractivity contribution in [1.29, 1.82) is 0 Å². The van der Waals surface area contributed by atoms with Crippen LogP contribution < -0.4 is 10.9 Å². The zero-order chi connectivity index (χ0) is 77.3. The highest BCUT2D eigenvalue weighted by atomic mass is 19.1. The third-order valence-corrected chi connectivity index (χ3v) is 19.9. The lowest BCUT2D eigenvalue weighted by molar-refractivity contribution is -0.113. The Bertz CT molecular complexity index is 5210. The van der Waals surface area contributed by atoms with Gasteiger partial charge in [-0.15, -0.1) is 0 Å². The van der Waals surface area contributed by atoms with Gasteiger partial charge in [-0.2, -0.15) is 4.39 Å². The molecular weight excluding hydrogens is 1360 g/mol. The van der Waals surface area contributed by atoms with Crippen LogP contribution in [0.1, 0.15) is 165 Å². The van der Waals surface area contributed by atoms with E-state index in [1.165, 1.54) is 91.1 Å². The Labute approximate surface area is 630 Å². The van der Waals surface area contributed by atoms with Gasteiger partial charge in [-0.05, 0) is 167 Å². The molecule has 3 unspecified atom stereocenters. The molecule has 24 heteroatoms. The van der Waals surface area contributed by atoms with Crippen LogP contribution in [0.3, 0.4) is 0 Å². The first-order valence-corrected chi connectivity index (χ1v) is 36.1. The van der Waals surface area contributed by atoms with Crippen molar-refractivity contribution in [3.05, 3.63) is 289 Å². The molecule has 12 rings (SSSR count). The van der Waals surface area contributed by atoms with Crippen LogP contribution in [0.15, 0.2) is 283 Å². The first-order chi connectivity index (χ1) is 51.7. The Morgan fingerprint density at radius 3 is 1.24 bits per heavy atom. The number of amides is 2. The maximum Gasteiger partial charge on any atom is 0.263 e. The van der Waals surface area contributed by atoms with E-state index >= 15 is 0 Å². The number of fused-ring (bicyclic) bond motifs is 3. The molecule has 9 heterocycles. The zero-order valence-electron chi connectivity index (χ0n) is 64.3. The molecule has 0 aromatic carbocycles. The molecule has 9 aromatic heterocycles. The average molecular weight is 1450 g/mol. The predicted molar refractivity (Wildman–Crippen MR) is 424 cm³/mol. The highest BCUT2D eigenvalue weighted by Gasteiger charge is 2.35. The van der Waals surface area contributed by atoms with E-state index in [1.807, 2.05) is 126 Å². The van der Waals surface area contributed by atoms with Crippen molar-refractivity contribution in [3.63, 3.8) is 0 Å². The molecule has 0 aliphatic heterocycles. The third kappa shape index (κ3) is 20.1. The van der Waals surface area contributed by atoms with Crippen molar-refractivity contribution in [3.8, 4) is 0 Å². The number of allylic oxidation sites excluding steroid dienone is 28. The van der Waals surface area contributed by atoms with Crippen LogP contribution in [-0.2, 0) is 9.59 Å². The number of imidazole rings is 6. The van der Waals surface area contributed by atoms with Crippen LogP contribution in [0, 0.1) is 22.2 Å². The summed E-state index contributed by atoms with van der Waals surface area (Å²) in [6.45, 7) is 32.4. The molecular formula is C84H97FN20O3. The number of aromatic nitrogens is 18. The summed E-state index contributed by atoms with van der Waals surface area (Å²) in [5.41, 5.74) is 22.3. The van der Waals surface area contributed by atoms with Gasteiger partial charge in [0.25, 0.3) is 17.7 Å². The molecule has 0 spiro atoms. The van der Waals surface area contributed by atoms with E-state index in [9.17, 15) is 18.8 Å². The van der Waals surface area contributed by atoms with E-state index in [4.69, 9.17) is 0 Å². The molecule has 2 amide bonds. The summed E-state index contributed by atoms with van der Waals surface area (Å²) < 4.78 is 24.5. The van der Waals surface area contributed by atoms with Gasteiger partial charge >= 0.3 is 0 Å². The number of nitrogens with one attached hydrogen (secondary N) is 2. The van der Waals surface area contributed by atoms with Crippen LogP contribution in [-0.4, -0.2) is 105 Å². The van der Waals surface area contributed by atoms with Gasteiger partial charge in [-0.1, -0.05) is 149 Å². The molecule has 558 valence electrons. The summed E-state index contributed by atoms with van der Waals surface area (Å²) in [4.78, 5) is 85.9. The maximum absolute atomic E-state index is 13.7. The summed E-state index contributed by atoms with van der Waals surface area (Å²) in [6.07, 6.45) is 70.9.